The number of nitrogens with one attached hydrogen (secondary N) is 1. The number of nitrogens with zero attached hydrogens (tertiary/aromatic N) is 5. The minimum Gasteiger partial charge on any atom is -0.339 e. The summed E-state index contributed by atoms with van der Waals surface area (Å²) in [5, 5.41) is 11.3. The van der Waals surface area contributed by atoms with E-state index in [9.17, 15) is 9.59 Å². The molecular weight excluding hydrogens is 416 g/mol. The standard InChI is InChI=1S/C25H30N6O2/c1-18(32)26-21-9-10-23-27-28-24(31(23)17-21)19-5-7-20(8-6-19)25(33)30-15-11-22(12-16-30)29-13-3-2-4-14-29/h5-10,17,22H,2-4,11-16H2,1H3,(H,26,32). The number of amides is 2. The van der Waals surface area contributed by atoms with Gasteiger partial charge >= 0.3 is 0 Å². The molecule has 8 nitrogen and oxygen atoms in total. The first-order valence-corrected chi connectivity index (χ1v) is 11.8. The first kappa shape index (κ1) is 21.6. The predicted molar refractivity (Wildman–Crippen MR) is 127 cm³/mol. The minimum absolute atomic E-state index is 0.0951. The molecule has 0 radical (unpaired) electrons. The number of hydrogen-bond donors (Lipinski definition) is 1. The van der Waals surface area contributed by atoms with E-state index in [0.717, 1.165) is 31.5 Å². The van der Waals surface area contributed by atoms with Gasteiger partial charge in [0.25, 0.3) is 5.91 Å². The van der Waals surface area contributed by atoms with Crippen molar-refractivity contribution in [2.45, 2.75) is 45.1 Å². The van der Waals surface area contributed by atoms with Crippen molar-refractivity contribution in [1.82, 2.24) is 24.4 Å². The van der Waals surface area contributed by atoms with E-state index in [0.29, 0.717) is 28.8 Å². The molecule has 2 saturated heterocycles. The zero-order valence-corrected chi connectivity index (χ0v) is 19.0. The number of likely N-dealkylation sites (tertiary alicyclic amines) is 2. The number of carbonyl (C=O) groups is 2. The highest BCUT2D eigenvalue weighted by Gasteiger charge is 2.28. The van der Waals surface area contributed by atoms with Gasteiger partial charge in [-0.15, -0.1) is 10.2 Å². The van der Waals surface area contributed by atoms with Crippen LogP contribution in [0.3, 0.4) is 0 Å². The lowest BCUT2D eigenvalue weighted by atomic mass is 9.99. The molecule has 0 bridgehead atoms. The van der Waals surface area contributed by atoms with E-state index >= 15 is 0 Å². The van der Waals surface area contributed by atoms with Crippen LogP contribution in [0, 0.1) is 0 Å². The van der Waals surface area contributed by atoms with Crippen LogP contribution in [0.1, 0.15) is 49.4 Å². The summed E-state index contributed by atoms with van der Waals surface area (Å²) in [6.07, 6.45) is 7.89. The van der Waals surface area contributed by atoms with E-state index in [1.165, 1.54) is 39.3 Å². The molecule has 2 aliphatic rings. The van der Waals surface area contributed by atoms with E-state index in [-0.39, 0.29) is 11.8 Å². The van der Waals surface area contributed by atoms with Gasteiger partial charge in [-0.3, -0.25) is 14.0 Å². The Kier molecular flexibility index (Phi) is 6.09. The monoisotopic (exact) mass is 446 g/mol. The number of benzene rings is 1. The largest absolute Gasteiger partial charge is 0.339 e. The van der Waals surface area contributed by atoms with Crippen LogP contribution in [0.15, 0.2) is 42.6 Å². The van der Waals surface area contributed by atoms with E-state index < -0.39 is 0 Å². The quantitative estimate of drug-likeness (QED) is 0.664. The van der Waals surface area contributed by atoms with Gasteiger partial charge in [-0.25, -0.2) is 0 Å². The third-order valence-corrected chi connectivity index (χ3v) is 6.77. The van der Waals surface area contributed by atoms with Crippen LogP contribution >= 0.6 is 0 Å². The normalized spacial score (nSPS) is 17.9. The second kappa shape index (κ2) is 9.31. The Bertz CT molecular complexity index is 1140. The summed E-state index contributed by atoms with van der Waals surface area (Å²) < 4.78 is 1.84. The molecule has 2 aliphatic heterocycles. The second-order valence-electron chi connectivity index (χ2n) is 9.05. The number of piperidine rings is 2. The Hall–Kier alpha value is -3.26. The van der Waals surface area contributed by atoms with Crippen molar-refractivity contribution in [2.75, 3.05) is 31.5 Å². The van der Waals surface area contributed by atoms with Crippen molar-refractivity contribution in [1.29, 1.82) is 0 Å². The highest BCUT2D eigenvalue weighted by atomic mass is 16.2. The number of pyridine rings is 1. The molecule has 3 aromatic rings. The van der Waals surface area contributed by atoms with Crippen LogP contribution in [0.2, 0.25) is 0 Å². The van der Waals surface area contributed by atoms with Crippen LogP contribution in [0.25, 0.3) is 17.0 Å². The number of aromatic nitrogens is 3. The van der Waals surface area contributed by atoms with Crippen molar-refractivity contribution < 1.29 is 9.59 Å². The Balaban J connectivity index is 1.27. The lowest BCUT2D eigenvalue weighted by Gasteiger charge is -2.40. The van der Waals surface area contributed by atoms with E-state index in [1.54, 1.807) is 12.3 Å². The molecule has 4 heterocycles. The Morgan fingerprint density at radius 3 is 2.33 bits per heavy atom. The van der Waals surface area contributed by atoms with E-state index in [1.807, 2.05) is 39.6 Å². The summed E-state index contributed by atoms with van der Waals surface area (Å²) in [5.74, 6) is 0.628. The molecule has 1 N–H and O–H groups in total. The number of hydrogen-bond acceptors (Lipinski definition) is 5. The summed E-state index contributed by atoms with van der Waals surface area (Å²) in [6, 6.07) is 11.8. The van der Waals surface area contributed by atoms with Crippen LogP contribution < -0.4 is 5.32 Å². The molecule has 0 aliphatic carbocycles. The fourth-order valence-corrected chi connectivity index (χ4v) is 5.03. The zero-order chi connectivity index (χ0) is 22.8. The predicted octanol–water partition coefficient (Wildman–Crippen LogP) is 3.45. The Morgan fingerprint density at radius 2 is 1.64 bits per heavy atom. The Labute approximate surface area is 193 Å². The minimum atomic E-state index is -0.133. The average molecular weight is 447 g/mol. The van der Waals surface area contributed by atoms with Gasteiger partial charge in [0.2, 0.25) is 5.91 Å². The lowest BCUT2D eigenvalue weighted by molar-refractivity contribution is -0.114. The van der Waals surface area contributed by atoms with Crippen molar-refractivity contribution in [3.05, 3.63) is 48.2 Å². The molecule has 2 aromatic heterocycles. The number of carbonyl (C=O) groups excluding carboxylic acids is 2. The second-order valence-corrected chi connectivity index (χ2v) is 9.05. The van der Waals surface area contributed by atoms with Crippen LogP contribution in [0.5, 0.6) is 0 Å². The fraction of sp³-hybridized carbons (Fsp3) is 0.440. The molecule has 172 valence electrons. The van der Waals surface area contributed by atoms with Gasteiger partial charge < -0.3 is 15.1 Å². The highest BCUT2D eigenvalue weighted by Crippen LogP contribution is 2.24. The summed E-state index contributed by atoms with van der Waals surface area (Å²) in [5.41, 5.74) is 2.93. The molecule has 0 atom stereocenters. The molecule has 1 aromatic carbocycles. The van der Waals surface area contributed by atoms with Crippen LogP contribution in [-0.2, 0) is 4.79 Å². The third-order valence-electron chi connectivity index (χ3n) is 6.77. The van der Waals surface area contributed by atoms with Gasteiger partial charge in [-0.05, 0) is 63.0 Å². The molecule has 33 heavy (non-hydrogen) atoms. The van der Waals surface area contributed by atoms with Crippen molar-refractivity contribution >= 4 is 23.1 Å². The molecule has 5 rings (SSSR count). The first-order valence-electron chi connectivity index (χ1n) is 11.8. The average Bonchev–Trinajstić information content (AvgIpc) is 3.27. The van der Waals surface area contributed by atoms with Gasteiger partial charge in [-0.1, -0.05) is 18.6 Å². The van der Waals surface area contributed by atoms with Crippen LogP contribution in [-0.4, -0.2) is 68.4 Å². The SMILES string of the molecule is CC(=O)Nc1ccc2nnc(-c3ccc(C(=O)N4CCC(N5CCCCC5)CC4)cc3)n2c1. The smallest absolute Gasteiger partial charge is 0.253 e. The molecule has 0 spiro atoms. The number of anilines is 1. The zero-order valence-electron chi connectivity index (χ0n) is 19.0. The van der Waals surface area contributed by atoms with Crippen molar-refractivity contribution in [3.63, 3.8) is 0 Å². The lowest BCUT2D eigenvalue weighted by Crippen LogP contribution is -2.48. The van der Waals surface area contributed by atoms with Gasteiger partial charge in [-0.2, -0.15) is 0 Å². The van der Waals surface area contributed by atoms with E-state index in [4.69, 9.17) is 0 Å². The molecular formula is C25H30N6O2. The molecule has 0 saturated carbocycles. The number of rotatable bonds is 4. The summed E-state index contributed by atoms with van der Waals surface area (Å²) in [6.45, 7) is 5.54. The van der Waals surface area contributed by atoms with Gasteiger partial charge in [0, 0.05) is 43.4 Å². The van der Waals surface area contributed by atoms with E-state index in [2.05, 4.69) is 20.4 Å². The molecule has 2 fully saturated rings. The van der Waals surface area contributed by atoms with Gasteiger partial charge in [0.15, 0.2) is 11.5 Å². The van der Waals surface area contributed by atoms with Crippen LogP contribution in [0.4, 0.5) is 5.69 Å². The maximum Gasteiger partial charge on any atom is 0.253 e. The Morgan fingerprint density at radius 1 is 0.909 bits per heavy atom. The topological polar surface area (TPSA) is 82.8 Å². The fourth-order valence-electron chi connectivity index (χ4n) is 5.03. The highest BCUT2D eigenvalue weighted by molar-refractivity contribution is 5.94. The van der Waals surface area contributed by atoms with Gasteiger partial charge in [0.1, 0.15) is 0 Å². The molecule has 8 heteroatoms. The van der Waals surface area contributed by atoms with Crippen molar-refractivity contribution in [3.8, 4) is 11.4 Å². The maximum absolute atomic E-state index is 13.1. The maximum atomic E-state index is 13.1. The van der Waals surface area contributed by atoms with Crippen molar-refractivity contribution in [2.24, 2.45) is 0 Å². The molecule has 2 amide bonds. The summed E-state index contributed by atoms with van der Waals surface area (Å²) in [7, 11) is 0. The van der Waals surface area contributed by atoms with Gasteiger partial charge in [0.05, 0.1) is 5.69 Å². The third kappa shape index (κ3) is 4.61. The number of fused-ring (bicyclic) bond motifs is 1. The molecule has 0 unspecified atom stereocenters. The first-order chi connectivity index (χ1) is 16.1. The summed E-state index contributed by atoms with van der Waals surface area (Å²) in [4.78, 5) is 29.1. The summed E-state index contributed by atoms with van der Waals surface area (Å²) >= 11 is 0.